The molecule has 0 heterocycles. The quantitative estimate of drug-likeness (QED) is 0.0500. The third kappa shape index (κ3) is 61.3. The molecular weight excluding hydrogens is 678 g/mol. The van der Waals surface area contributed by atoms with Gasteiger partial charge in [0.2, 0.25) is 11.8 Å². The summed E-state index contributed by atoms with van der Waals surface area (Å²) in [6, 6.07) is 9.69. The number of carbonyl (C=O) groups is 9. The molecule has 0 spiro atoms. The number of primary amides is 2. The second kappa shape index (κ2) is 36.1. The predicted octanol–water partition coefficient (Wildman–Crippen LogP) is -4.58. The standard InChI is InChI=1S/C9H11NO2.C5H10N2O3.C5H9NO4.C4H8N2O3.C4H7NO4/c11-9(12)7-10-6-8-4-2-1-3-5-8;6-4(8)1-2-7-3-5(9)10;7-4(8)1-2-6-3-5(9)10;5-3(7)1-6-2-4(8)9;6-3(7)1-5-2-4(8)9/h1-5,10H,6-7H2,(H,11,12);7H,1-3H2,(H2,6,8)(H,9,10);6H,1-3H2,(H,7,8)(H,9,10);6H,1-2H2,(H2,5,7)(H,8,9);5H,1-2H2,(H,6,7)(H,8,9). The van der Waals surface area contributed by atoms with Gasteiger partial charge in [-0.1, -0.05) is 30.3 Å². The maximum absolute atomic E-state index is 10.1. The molecule has 1 aromatic carbocycles. The number of nitrogens with one attached hydrogen (secondary N) is 5. The van der Waals surface area contributed by atoms with Crippen molar-refractivity contribution < 1.29 is 78.9 Å². The molecule has 0 aliphatic carbocycles. The first-order valence-electron chi connectivity index (χ1n) is 14.0. The van der Waals surface area contributed by atoms with Crippen LogP contribution >= 0.6 is 0 Å². The van der Waals surface area contributed by atoms with E-state index in [1.807, 2.05) is 30.3 Å². The smallest absolute Gasteiger partial charge is 0.317 e. The molecule has 0 saturated carbocycles. The van der Waals surface area contributed by atoms with Crippen molar-refractivity contribution in [3.8, 4) is 0 Å². The molecule has 0 aliphatic heterocycles. The number of carboxylic acids is 7. The molecule has 0 atom stereocenters. The van der Waals surface area contributed by atoms with Gasteiger partial charge in [0, 0.05) is 26.1 Å². The number of hydrogen-bond donors (Lipinski definition) is 14. The molecule has 0 unspecified atom stereocenters. The van der Waals surface area contributed by atoms with E-state index in [9.17, 15) is 43.2 Å². The first-order valence-corrected chi connectivity index (χ1v) is 14.0. The number of hydrogen-bond acceptors (Lipinski definition) is 14. The minimum absolute atomic E-state index is 0.00882. The van der Waals surface area contributed by atoms with E-state index >= 15 is 0 Å². The van der Waals surface area contributed by atoms with E-state index < -0.39 is 53.6 Å². The third-order valence-corrected chi connectivity index (χ3v) is 4.19. The van der Waals surface area contributed by atoms with Gasteiger partial charge in [0.25, 0.3) is 0 Å². The van der Waals surface area contributed by atoms with E-state index in [1.165, 1.54) is 0 Å². The second-order valence-electron chi connectivity index (χ2n) is 8.84. The van der Waals surface area contributed by atoms with Gasteiger partial charge < -0.3 is 63.2 Å². The second-order valence-corrected chi connectivity index (χ2v) is 8.84. The Morgan fingerprint density at radius 3 is 1.10 bits per heavy atom. The molecule has 1 rings (SSSR count). The Morgan fingerprint density at radius 1 is 0.420 bits per heavy atom. The van der Waals surface area contributed by atoms with Crippen LogP contribution < -0.4 is 38.1 Å². The van der Waals surface area contributed by atoms with Crippen molar-refractivity contribution in [2.75, 3.05) is 58.9 Å². The van der Waals surface area contributed by atoms with Crippen molar-refractivity contribution in [1.29, 1.82) is 0 Å². The number of amides is 2. The van der Waals surface area contributed by atoms with Gasteiger partial charge in [-0.25, -0.2) is 0 Å². The number of carbonyl (C=O) groups excluding carboxylic acids is 2. The SMILES string of the molecule is NC(=O)CCNCC(=O)O.NC(=O)CNCC(=O)O.O=C(O)CCNCC(=O)O.O=C(O)CNCC(=O)O.O=C(O)CNCc1ccccc1. The molecule has 0 fully saturated rings. The fraction of sp³-hybridized carbons (Fsp3) is 0.444. The average molecular weight is 724 g/mol. The van der Waals surface area contributed by atoms with Crippen molar-refractivity contribution in [2.24, 2.45) is 11.5 Å². The zero-order valence-corrected chi connectivity index (χ0v) is 26.8. The van der Waals surface area contributed by atoms with Crippen LogP contribution in [0.15, 0.2) is 30.3 Å². The summed E-state index contributed by atoms with van der Waals surface area (Å²) < 4.78 is 0. The minimum Gasteiger partial charge on any atom is -0.481 e. The Kier molecular flexibility index (Phi) is 36.9. The highest BCUT2D eigenvalue weighted by molar-refractivity contribution is 5.77. The molecule has 0 bridgehead atoms. The molecule has 0 radical (unpaired) electrons. The van der Waals surface area contributed by atoms with Crippen molar-refractivity contribution in [2.45, 2.75) is 19.4 Å². The van der Waals surface area contributed by atoms with E-state index in [0.29, 0.717) is 13.1 Å². The molecule has 0 aromatic heterocycles. The Hall–Kier alpha value is -5.75. The summed E-state index contributed by atoms with van der Waals surface area (Å²) in [5.74, 6) is -7.79. The maximum Gasteiger partial charge on any atom is 0.317 e. The number of carboxylic acid groups (broad SMARTS) is 7. The van der Waals surface area contributed by atoms with Crippen molar-refractivity contribution in [3.63, 3.8) is 0 Å². The molecular formula is C27H45N7O16. The van der Waals surface area contributed by atoms with Crippen molar-refractivity contribution >= 4 is 53.6 Å². The Morgan fingerprint density at radius 2 is 0.760 bits per heavy atom. The van der Waals surface area contributed by atoms with Gasteiger partial charge in [-0.2, -0.15) is 0 Å². The highest BCUT2D eigenvalue weighted by atomic mass is 16.4. The summed E-state index contributed by atoms with van der Waals surface area (Å²) in [5.41, 5.74) is 10.6. The summed E-state index contributed by atoms with van der Waals surface area (Å²) in [6.45, 7) is -0.139. The molecule has 23 nitrogen and oxygen atoms in total. The molecule has 0 aliphatic rings. The molecule has 0 saturated heterocycles. The zero-order valence-electron chi connectivity index (χ0n) is 26.8. The normalized spacial score (nSPS) is 9.20. The van der Waals surface area contributed by atoms with E-state index in [1.54, 1.807) is 0 Å². The lowest BCUT2D eigenvalue weighted by Crippen LogP contribution is -2.32. The molecule has 50 heavy (non-hydrogen) atoms. The van der Waals surface area contributed by atoms with Gasteiger partial charge in [-0.15, -0.1) is 0 Å². The van der Waals surface area contributed by atoms with E-state index in [-0.39, 0.29) is 65.2 Å². The number of rotatable bonds is 22. The molecule has 2 amide bonds. The first kappa shape index (κ1) is 51.1. The molecule has 1 aromatic rings. The van der Waals surface area contributed by atoms with Gasteiger partial charge in [0.15, 0.2) is 0 Å². The van der Waals surface area contributed by atoms with Crippen molar-refractivity contribution in [3.05, 3.63) is 35.9 Å². The summed E-state index contributed by atoms with van der Waals surface area (Å²) in [7, 11) is 0. The van der Waals surface area contributed by atoms with Crippen LogP contribution in [0.2, 0.25) is 0 Å². The largest absolute Gasteiger partial charge is 0.481 e. The lowest BCUT2D eigenvalue weighted by Gasteiger charge is -2.00. The van der Waals surface area contributed by atoms with E-state index in [2.05, 4.69) is 32.3 Å². The molecule has 284 valence electrons. The topological polar surface area (TPSA) is 407 Å². The third-order valence-electron chi connectivity index (χ3n) is 4.19. The van der Waals surface area contributed by atoms with Crippen LogP contribution in [0.4, 0.5) is 0 Å². The van der Waals surface area contributed by atoms with Crippen LogP contribution in [0, 0.1) is 0 Å². The highest BCUT2D eigenvalue weighted by Crippen LogP contribution is 1.96. The minimum atomic E-state index is -1.06. The summed E-state index contributed by atoms with van der Waals surface area (Å²) in [4.78, 5) is 88.9. The zero-order chi connectivity index (χ0) is 39.3. The maximum atomic E-state index is 10.1. The van der Waals surface area contributed by atoms with Crippen molar-refractivity contribution in [1.82, 2.24) is 26.6 Å². The Balaban J connectivity index is -0.000000266. The van der Waals surface area contributed by atoms with Crippen LogP contribution in [0.25, 0.3) is 0 Å². The van der Waals surface area contributed by atoms with Gasteiger partial charge in [0.05, 0.1) is 52.2 Å². The predicted molar refractivity (Wildman–Crippen MR) is 171 cm³/mol. The number of nitrogens with two attached hydrogens (primary N) is 2. The lowest BCUT2D eigenvalue weighted by molar-refractivity contribution is -0.138. The van der Waals surface area contributed by atoms with E-state index in [4.69, 9.17) is 41.5 Å². The average Bonchev–Trinajstić information content (AvgIpc) is 2.98. The molecule has 23 heteroatoms. The fourth-order valence-corrected chi connectivity index (χ4v) is 2.28. The summed E-state index contributed by atoms with van der Waals surface area (Å²) in [6.07, 6.45) is 0.126. The number of benzene rings is 1. The van der Waals surface area contributed by atoms with Crippen LogP contribution in [-0.2, 0) is 49.7 Å². The highest BCUT2D eigenvalue weighted by Gasteiger charge is 1.99. The monoisotopic (exact) mass is 723 g/mol. The first-order chi connectivity index (χ1) is 23.3. The van der Waals surface area contributed by atoms with Gasteiger partial charge in [-0.3, -0.25) is 53.8 Å². The molecule has 16 N–H and O–H groups in total. The number of aliphatic carboxylic acids is 7. The fourth-order valence-electron chi connectivity index (χ4n) is 2.28. The van der Waals surface area contributed by atoms with Crippen LogP contribution in [0.3, 0.4) is 0 Å². The van der Waals surface area contributed by atoms with Crippen LogP contribution in [0.1, 0.15) is 18.4 Å². The Bertz CT molecular complexity index is 1050. The summed E-state index contributed by atoms with van der Waals surface area (Å²) in [5, 5.41) is 68.8. The van der Waals surface area contributed by atoms with E-state index in [0.717, 1.165) is 5.56 Å². The summed E-state index contributed by atoms with van der Waals surface area (Å²) >= 11 is 0. The van der Waals surface area contributed by atoms with Gasteiger partial charge in [-0.05, 0) is 5.56 Å². The van der Waals surface area contributed by atoms with Crippen LogP contribution in [0.5, 0.6) is 0 Å². The Labute approximate surface area is 285 Å². The van der Waals surface area contributed by atoms with Crippen LogP contribution in [-0.4, -0.2) is 148 Å². The lowest BCUT2D eigenvalue weighted by atomic mass is 10.2. The van der Waals surface area contributed by atoms with Gasteiger partial charge in [0.1, 0.15) is 0 Å². The van der Waals surface area contributed by atoms with Gasteiger partial charge >= 0.3 is 41.8 Å².